The van der Waals surface area contributed by atoms with Gasteiger partial charge in [0, 0.05) is 114 Å². The van der Waals surface area contributed by atoms with Crippen LogP contribution in [0.3, 0.4) is 0 Å². The number of phenols is 12. The molecule has 13 rings (SSSR count). The van der Waals surface area contributed by atoms with Gasteiger partial charge in [-0.15, -0.1) is 0 Å². The number of aromatic hydroxyl groups is 12. The van der Waals surface area contributed by atoms with Crippen LogP contribution < -0.4 is 21.3 Å². The number of hydrogen-bond acceptors (Lipinski definition) is 18. The molecular weight excluding hydrogens is 1120 g/mol. The van der Waals surface area contributed by atoms with Gasteiger partial charge in [0.2, 0.25) is 0 Å². The number of H-pyrrole nitrogens is 2. The maximum absolute atomic E-state index is 12.1. The fourth-order valence-corrected chi connectivity index (χ4v) is 10.8. The molecule has 0 amide bonds. The molecule has 0 saturated carbocycles. The summed E-state index contributed by atoms with van der Waals surface area (Å²) in [5.74, 6) is -4.98. The Morgan fingerprint density at radius 2 is 0.466 bits per heavy atom. The molecule has 8 bridgehead atoms. The Balaban J connectivity index is 1.16. The Morgan fingerprint density at radius 3 is 0.682 bits per heavy atom. The summed E-state index contributed by atoms with van der Waals surface area (Å²) in [7, 11) is 0. The van der Waals surface area contributed by atoms with Crippen molar-refractivity contribution in [2.75, 3.05) is 21.3 Å². The van der Waals surface area contributed by atoms with E-state index in [1.54, 1.807) is 121 Å². The quantitative estimate of drug-likeness (QED) is 0.0399. The second-order valence-electron chi connectivity index (χ2n) is 20.6. The second kappa shape index (κ2) is 21.7. The zero-order valence-electron chi connectivity index (χ0n) is 45.7. The lowest BCUT2D eigenvalue weighted by atomic mass is 10.0. The highest BCUT2D eigenvalue weighted by Crippen LogP contribution is 2.50. The van der Waals surface area contributed by atoms with Gasteiger partial charge in [-0.3, -0.25) is 0 Å². The summed E-state index contributed by atoms with van der Waals surface area (Å²) in [6.45, 7) is 0. The summed E-state index contributed by atoms with van der Waals surface area (Å²) < 4.78 is 0. The van der Waals surface area contributed by atoms with E-state index in [1.807, 2.05) is 0 Å². The molecule has 0 spiro atoms. The molecule has 0 fully saturated rings. The normalized spacial score (nSPS) is 11.6. The molecule has 8 aromatic carbocycles. The van der Waals surface area contributed by atoms with Crippen molar-refractivity contribution in [1.82, 2.24) is 19.9 Å². The standard InChI is InChI=1S/C68H50N8O12/c77-53-13-5-1-9-41(53)69-33-25-37(65(85)57(81)29-33)61-45-17-19-47(73-45)62(38-26-34(30-58(82)66(38)86)70-42-10-2-6-14-54(42)78)49-21-23-51(75-49)64(40-28-36(32-60(84)68(40)88)72-44-12-4-8-16-56(44)80)52-24-22-50(76-52)63(48-20-18-46(61)74-48)39-27-35(31-59(83)67(39)87)71-43-11-3-7-15-55(43)79/h1-32,69-73,76-88H. The Labute approximate surface area is 498 Å². The fourth-order valence-electron chi connectivity index (χ4n) is 10.8. The van der Waals surface area contributed by atoms with Crippen LogP contribution in [0.15, 0.2) is 170 Å². The third kappa shape index (κ3) is 10.0. The highest BCUT2D eigenvalue weighted by Gasteiger charge is 2.27. The van der Waals surface area contributed by atoms with Crippen LogP contribution in [0.2, 0.25) is 0 Å². The fraction of sp³-hybridized carbons (Fsp3) is 0. The van der Waals surface area contributed by atoms with Crippen LogP contribution in [-0.2, 0) is 0 Å². The van der Waals surface area contributed by atoms with Gasteiger partial charge in [0.05, 0.1) is 45.5 Å². The maximum atomic E-state index is 12.1. The number of nitrogens with zero attached hydrogens (tertiary/aromatic N) is 2. The molecule has 0 unspecified atom stereocenters. The number of fused-ring (bicyclic) bond motifs is 8. The third-order valence-corrected chi connectivity index (χ3v) is 14.9. The van der Waals surface area contributed by atoms with Gasteiger partial charge in [-0.2, -0.15) is 0 Å². The number of rotatable bonds is 12. The minimum Gasteiger partial charge on any atom is -0.506 e. The van der Waals surface area contributed by atoms with Crippen molar-refractivity contribution in [3.63, 3.8) is 0 Å². The van der Waals surface area contributed by atoms with Crippen molar-refractivity contribution >= 4 is 91.9 Å². The van der Waals surface area contributed by atoms with Crippen LogP contribution in [0.5, 0.6) is 69.0 Å². The minimum atomic E-state index is -0.578. The maximum Gasteiger partial charge on any atom is 0.165 e. The number of aromatic nitrogens is 4. The number of nitrogens with one attached hydrogen (secondary N) is 6. The first-order chi connectivity index (χ1) is 42.5. The predicted octanol–water partition coefficient (Wildman–Crippen LogP) is 14.8. The first-order valence-corrected chi connectivity index (χ1v) is 27.1. The van der Waals surface area contributed by atoms with E-state index in [-0.39, 0.29) is 158 Å². The van der Waals surface area contributed by atoms with Crippen molar-refractivity contribution in [2.45, 2.75) is 0 Å². The topological polar surface area (TPSA) is 348 Å². The van der Waals surface area contributed by atoms with Gasteiger partial charge in [0.15, 0.2) is 46.0 Å². The Kier molecular flexibility index (Phi) is 13.4. The van der Waals surface area contributed by atoms with Gasteiger partial charge >= 0.3 is 0 Å². The Bertz CT molecular complexity index is 4340. The number of benzene rings is 8. The van der Waals surface area contributed by atoms with E-state index in [9.17, 15) is 61.3 Å². The van der Waals surface area contributed by atoms with E-state index in [4.69, 9.17) is 9.97 Å². The highest BCUT2D eigenvalue weighted by atomic mass is 16.3. The van der Waals surface area contributed by atoms with E-state index in [1.165, 1.54) is 72.8 Å². The lowest BCUT2D eigenvalue weighted by Crippen LogP contribution is -1.95. The van der Waals surface area contributed by atoms with Crippen LogP contribution in [0, 0.1) is 0 Å². The van der Waals surface area contributed by atoms with Gasteiger partial charge < -0.3 is 92.5 Å². The molecule has 20 nitrogen and oxygen atoms in total. The molecule has 88 heavy (non-hydrogen) atoms. The van der Waals surface area contributed by atoms with Gasteiger partial charge in [0.1, 0.15) is 23.0 Å². The predicted molar refractivity (Wildman–Crippen MR) is 339 cm³/mol. The number of aromatic amines is 2. The molecular formula is C68H50N8O12. The highest BCUT2D eigenvalue weighted by molar-refractivity contribution is 6.04. The van der Waals surface area contributed by atoms with Crippen molar-refractivity contribution < 1.29 is 61.3 Å². The Morgan fingerprint density at radius 1 is 0.250 bits per heavy atom. The van der Waals surface area contributed by atoms with E-state index in [0.29, 0.717) is 0 Å². The van der Waals surface area contributed by atoms with Gasteiger partial charge in [0.25, 0.3) is 0 Å². The summed E-state index contributed by atoms with van der Waals surface area (Å²) in [5, 5.41) is 150. The average Bonchev–Trinajstić information content (AvgIpc) is 1.73. The SMILES string of the molecule is Oc1ccccc1Nc1cc(O)c(O)c(-c2c3nc(c(-c4cc(Nc5ccccc5O)cc(O)c4O)c4ccc([nH]4)c(-c4cc(Nc5ccccc5O)cc(O)c4O)c4nc(c(-c5cc(Nc6ccccc6O)cc(O)c5O)c5ccc2[nH]5)C=C4)C=C3)c1. The summed E-state index contributed by atoms with van der Waals surface area (Å²) in [6.07, 6.45) is 6.51. The molecule has 0 aliphatic carbocycles. The van der Waals surface area contributed by atoms with E-state index >= 15 is 0 Å². The molecule has 434 valence electrons. The van der Waals surface area contributed by atoms with Gasteiger partial charge in [-0.1, -0.05) is 48.5 Å². The number of anilines is 8. The van der Waals surface area contributed by atoms with Crippen LogP contribution in [0.4, 0.5) is 45.5 Å². The Hall–Kier alpha value is -12.8. The molecule has 5 heterocycles. The van der Waals surface area contributed by atoms with Gasteiger partial charge in [-0.25, -0.2) is 9.97 Å². The first-order valence-electron chi connectivity index (χ1n) is 27.1. The van der Waals surface area contributed by atoms with Crippen molar-refractivity contribution in [3.8, 4) is 114 Å². The first kappa shape index (κ1) is 54.4. The molecule has 0 saturated heterocycles. The smallest absolute Gasteiger partial charge is 0.165 e. The summed E-state index contributed by atoms with van der Waals surface area (Å²) >= 11 is 0. The van der Waals surface area contributed by atoms with Gasteiger partial charge in [-0.05, 0) is 121 Å². The van der Waals surface area contributed by atoms with Crippen LogP contribution in [0.25, 0.3) is 90.9 Å². The zero-order chi connectivity index (χ0) is 61.1. The molecule has 2 aliphatic rings. The molecule has 18 N–H and O–H groups in total. The molecule has 11 aromatic rings. The monoisotopic (exact) mass is 1170 g/mol. The molecule has 0 atom stereocenters. The van der Waals surface area contributed by atoms with Crippen molar-refractivity contribution in [3.05, 3.63) is 193 Å². The lowest BCUT2D eigenvalue weighted by Gasteiger charge is -2.15. The zero-order valence-corrected chi connectivity index (χ0v) is 45.7. The molecule has 3 aromatic heterocycles. The summed E-state index contributed by atoms with van der Waals surface area (Å²) in [6, 6.07) is 43.6. The number of phenolic OH excluding ortho intramolecular Hbond substituents is 12. The second-order valence-corrected chi connectivity index (χ2v) is 20.6. The molecule has 2 aliphatic heterocycles. The summed E-state index contributed by atoms with van der Waals surface area (Å²) in [5.41, 5.74) is 4.39. The van der Waals surface area contributed by atoms with E-state index in [2.05, 4.69) is 31.2 Å². The number of para-hydroxylation sites is 8. The van der Waals surface area contributed by atoms with E-state index in [0.717, 1.165) is 0 Å². The average molecular weight is 1170 g/mol. The van der Waals surface area contributed by atoms with Crippen LogP contribution in [-0.4, -0.2) is 81.2 Å². The van der Waals surface area contributed by atoms with Crippen LogP contribution >= 0.6 is 0 Å². The molecule has 0 radical (unpaired) electrons. The van der Waals surface area contributed by atoms with E-state index < -0.39 is 46.0 Å². The number of hydrogen-bond donors (Lipinski definition) is 18. The van der Waals surface area contributed by atoms with Crippen LogP contribution in [0.1, 0.15) is 22.8 Å². The third-order valence-electron chi connectivity index (χ3n) is 14.9. The lowest BCUT2D eigenvalue weighted by molar-refractivity contribution is 0.405. The molecule has 20 heteroatoms. The largest absolute Gasteiger partial charge is 0.506 e. The minimum absolute atomic E-state index is 0.0151. The summed E-state index contributed by atoms with van der Waals surface area (Å²) in [4.78, 5) is 17.3. The van der Waals surface area contributed by atoms with Crippen molar-refractivity contribution in [2.24, 2.45) is 0 Å². The van der Waals surface area contributed by atoms with Crippen molar-refractivity contribution in [1.29, 1.82) is 0 Å².